The van der Waals surface area contributed by atoms with E-state index >= 15 is 19.2 Å². The summed E-state index contributed by atoms with van der Waals surface area (Å²) in [5.41, 5.74) is 1.01. The Balaban J connectivity index is 3.00. The first kappa shape index (κ1) is 80.4. The van der Waals surface area contributed by atoms with Crippen LogP contribution in [0.3, 0.4) is 0 Å². The van der Waals surface area contributed by atoms with Crippen molar-refractivity contribution in [2.45, 2.75) is 242 Å². The minimum Gasteiger partial charge on any atom is -0.390 e. The zero-order valence-corrected chi connectivity index (χ0v) is 59.5. The summed E-state index contributed by atoms with van der Waals surface area (Å²) in [6, 6.07) is -9.93. The molecular weight excluding hydrogens is 1160 g/mol. The van der Waals surface area contributed by atoms with Gasteiger partial charge >= 0.3 is 0 Å². The van der Waals surface area contributed by atoms with Gasteiger partial charge in [-0.05, 0) is 131 Å². The average Bonchev–Trinajstić information content (AvgIpc) is 0.883. The van der Waals surface area contributed by atoms with Gasteiger partial charge in [0.1, 0.15) is 66.5 Å². The molecule has 2 rings (SSSR count). The number of hydrogen-bond acceptors (Lipinski definition) is 13. The summed E-state index contributed by atoms with van der Waals surface area (Å²) in [7, 11) is 9.99. The Morgan fingerprint density at radius 1 is 0.440 bits per heavy atom. The van der Waals surface area contributed by atoms with E-state index in [4.69, 9.17) is 0 Å². The molecule has 13 atom stereocenters. The van der Waals surface area contributed by atoms with E-state index in [-0.39, 0.29) is 55.8 Å². The molecule has 0 spiro atoms. The second-order valence-corrected chi connectivity index (χ2v) is 27.9. The molecule has 0 bridgehead atoms. The van der Waals surface area contributed by atoms with Gasteiger partial charge in [0, 0.05) is 61.7 Å². The predicted octanol–water partition coefficient (Wildman–Crippen LogP) is 4.11. The highest BCUT2D eigenvalue weighted by molar-refractivity contribution is 6.00. The van der Waals surface area contributed by atoms with Crippen LogP contribution in [0.1, 0.15) is 168 Å². The van der Waals surface area contributed by atoms with E-state index in [1.54, 1.807) is 53.9 Å². The van der Waals surface area contributed by atoms with Crippen LogP contribution in [0.4, 0.5) is 0 Å². The third kappa shape index (κ3) is 22.2. The van der Waals surface area contributed by atoms with Crippen molar-refractivity contribution in [2.75, 3.05) is 49.3 Å². The second kappa shape index (κ2) is 36.5. The van der Waals surface area contributed by atoms with Crippen LogP contribution in [0.25, 0.3) is 0 Å². The van der Waals surface area contributed by atoms with Crippen LogP contribution in [0.2, 0.25) is 0 Å². The van der Waals surface area contributed by atoms with Crippen molar-refractivity contribution in [3.05, 3.63) is 30.1 Å². The van der Waals surface area contributed by atoms with Gasteiger partial charge in [-0.1, -0.05) is 96.9 Å². The first-order valence-electron chi connectivity index (χ1n) is 32.8. The molecule has 0 radical (unpaired) electrons. The van der Waals surface area contributed by atoms with Gasteiger partial charge in [-0.15, -0.1) is 0 Å². The minimum atomic E-state index is -1.63. The molecular formula is C67H116N12O12. The maximum Gasteiger partial charge on any atom is 0.246 e. The standard InChI is InChI=1S/C67H116N12O12/c1-25-48-63(87)73(18)46(17)62(86)74(19)50(34-38(4)5)59(83)72-53(41(10)11)66(90)75(20)49(33-37(2)3)58(82)69-44(15)57(81)70-45(16)61(85)76(21)51(35-39(6)7)64(88)77(22)52(36-40(8)9)65(89)78(23)54(42(12)13)67(91)79(24)55(60(84)71-48)56(80)43(14)27-26-28-47-29-31-68-32-30-47/h29-32,37-46,48-56,80H,25-28,33-36H2,1-24H3,(H,69,82)(H,70,81)(H,71,84)(H,72,83)/t43-,44+,45-,46-,48+,49+,50+,51+,52+,53+,54+,55-,56-/m1/s1. The molecule has 1 aliphatic rings. The van der Waals surface area contributed by atoms with Crippen LogP contribution in [-0.4, -0.2) is 231 Å². The van der Waals surface area contributed by atoms with Crippen LogP contribution in [0.15, 0.2) is 24.5 Å². The Bertz CT molecular complexity index is 2620. The lowest BCUT2D eigenvalue weighted by Crippen LogP contribution is -2.64. The molecule has 0 aliphatic carbocycles. The topological polar surface area (TPSA) is 292 Å². The molecule has 0 aromatic carbocycles. The highest BCUT2D eigenvalue weighted by Gasteiger charge is 2.46. The van der Waals surface area contributed by atoms with Crippen molar-refractivity contribution in [2.24, 2.45) is 41.4 Å². The second-order valence-electron chi connectivity index (χ2n) is 27.9. The number of nitrogens with one attached hydrogen (secondary N) is 4. The molecule has 24 nitrogen and oxygen atoms in total. The summed E-state index contributed by atoms with van der Waals surface area (Å²) in [6.07, 6.45) is 4.08. The maximum absolute atomic E-state index is 15.4. The molecule has 0 saturated carbocycles. The number of likely N-dealkylation sites (N-methyl/N-ethyl adjacent to an activating group) is 7. The van der Waals surface area contributed by atoms with Crippen molar-refractivity contribution < 1.29 is 57.8 Å². The van der Waals surface area contributed by atoms with Crippen molar-refractivity contribution >= 4 is 65.0 Å². The number of rotatable bonds is 17. The van der Waals surface area contributed by atoms with E-state index in [2.05, 4.69) is 26.3 Å². The summed E-state index contributed by atoms with van der Waals surface area (Å²) in [4.78, 5) is 175. The van der Waals surface area contributed by atoms with E-state index in [1.165, 1.54) is 94.6 Å². The Labute approximate surface area is 543 Å². The number of aliphatic hydroxyl groups excluding tert-OH is 1. The molecule has 0 unspecified atom stereocenters. The largest absolute Gasteiger partial charge is 0.390 e. The average molecular weight is 1280 g/mol. The lowest BCUT2D eigenvalue weighted by atomic mass is 9.89. The number of amides is 11. The number of pyridine rings is 1. The van der Waals surface area contributed by atoms with Gasteiger partial charge in [-0.2, -0.15) is 0 Å². The third-order valence-corrected chi connectivity index (χ3v) is 17.7. The van der Waals surface area contributed by atoms with Crippen molar-refractivity contribution in [3.8, 4) is 0 Å². The molecule has 5 N–H and O–H groups in total. The molecule has 91 heavy (non-hydrogen) atoms. The highest BCUT2D eigenvalue weighted by Crippen LogP contribution is 2.26. The lowest BCUT2D eigenvalue weighted by molar-refractivity contribution is -0.157. The van der Waals surface area contributed by atoms with Crippen LogP contribution in [0.5, 0.6) is 0 Å². The smallest absolute Gasteiger partial charge is 0.246 e. The van der Waals surface area contributed by atoms with E-state index < -0.39 is 155 Å². The van der Waals surface area contributed by atoms with E-state index in [9.17, 15) is 38.7 Å². The number of aryl methyl sites for hydroxylation is 1. The monoisotopic (exact) mass is 1280 g/mol. The van der Waals surface area contributed by atoms with Crippen LogP contribution < -0.4 is 21.3 Å². The molecule has 11 amide bonds. The first-order valence-corrected chi connectivity index (χ1v) is 32.8. The van der Waals surface area contributed by atoms with Gasteiger partial charge in [0.05, 0.1) is 6.10 Å². The molecule has 1 aromatic heterocycles. The number of carbonyl (C=O) groups is 11. The summed E-state index contributed by atoms with van der Waals surface area (Å²) in [5, 5.41) is 23.5. The Hall–Kier alpha value is -6.72. The zero-order valence-electron chi connectivity index (χ0n) is 59.5. The number of aromatic nitrogens is 1. The summed E-state index contributed by atoms with van der Waals surface area (Å²) < 4.78 is 0. The Kier molecular flexibility index (Phi) is 32.2. The fourth-order valence-electron chi connectivity index (χ4n) is 11.8. The number of hydrogen-bond donors (Lipinski definition) is 5. The molecule has 1 saturated heterocycles. The van der Waals surface area contributed by atoms with Crippen molar-refractivity contribution in [1.29, 1.82) is 0 Å². The number of carbonyl (C=O) groups excluding carboxylic acids is 11. The van der Waals surface area contributed by atoms with E-state index in [0.29, 0.717) is 19.3 Å². The quantitative estimate of drug-likeness (QED) is 0.147. The van der Waals surface area contributed by atoms with Crippen molar-refractivity contribution in [3.63, 3.8) is 0 Å². The van der Waals surface area contributed by atoms with Gasteiger partial charge in [0.15, 0.2) is 0 Å². The normalized spacial score (nSPS) is 26.6. The molecule has 1 aliphatic heterocycles. The number of aliphatic hydroxyl groups is 1. The molecule has 1 fully saturated rings. The van der Waals surface area contributed by atoms with Gasteiger partial charge in [0.2, 0.25) is 65.0 Å². The maximum atomic E-state index is 15.4. The van der Waals surface area contributed by atoms with E-state index in [1.807, 2.05) is 67.5 Å². The van der Waals surface area contributed by atoms with Crippen LogP contribution in [0, 0.1) is 41.4 Å². The highest BCUT2D eigenvalue weighted by atomic mass is 16.3. The molecule has 24 heteroatoms. The van der Waals surface area contributed by atoms with Gasteiger partial charge in [-0.3, -0.25) is 57.7 Å². The Morgan fingerprint density at radius 3 is 1.32 bits per heavy atom. The van der Waals surface area contributed by atoms with E-state index in [0.717, 1.165) is 15.4 Å². The predicted molar refractivity (Wildman–Crippen MR) is 351 cm³/mol. The first-order chi connectivity index (χ1) is 42.2. The SMILES string of the molecule is CC[C@@H]1NC(=O)[C@@H]([C@H](O)[C@H](C)CCCc2ccncc2)N(C)C(=O)[C@H](C(C)C)N(C)C(=O)[C@H](CC(C)C)N(C)C(=O)[C@H](CC(C)C)N(C)C(=O)[C@@H](C)NC(=O)[C@H](C)NC(=O)[C@H](CC(C)C)N(C)C(=O)[C@H](C(C)C)NC(=O)[C@H](CC(C)C)N(C)C(=O)[C@@H](C)N(C)C1=O. The van der Waals surface area contributed by atoms with Gasteiger partial charge in [0.25, 0.3) is 0 Å². The molecule has 1 aromatic rings. The minimum absolute atomic E-state index is 0.00906. The summed E-state index contributed by atoms with van der Waals surface area (Å²) >= 11 is 0. The van der Waals surface area contributed by atoms with Crippen LogP contribution >= 0.6 is 0 Å². The fourth-order valence-corrected chi connectivity index (χ4v) is 11.8. The zero-order chi connectivity index (χ0) is 70.0. The molecule has 2 heterocycles. The Morgan fingerprint density at radius 2 is 0.857 bits per heavy atom. The summed E-state index contributed by atoms with van der Waals surface area (Å²) in [5.74, 6) is -9.79. The number of nitrogens with zero attached hydrogens (tertiary/aromatic N) is 8. The fraction of sp³-hybridized carbons (Fsp3) is 0.761. The van der Waals surface area contributed by atoms with Crippen LogP contribution in [-0.2, 0) is 59.2 Å². The van der Waals surface area contributed by atoms with Gasteiger partial charge in [-0.25, -0.2) is 0 Å². The molecule has 516 valence electrons. The van der Waals surface area contributed by atoms with Gasteiger partial charge < -0.3 is 60.7 Å². The lowest BCUT2D eigenvalue weighted by Gasteiger charge is -2.41. The summed E-state index contributed by atoms with van der Waals surface area (Å²) in [6.45, 7) is 29.7. The van der Waals surface area contributed by atoms with Crippen molar-refractivity contribution in [1.82, 2.24) is 60.6 Å². The third-order valence-electron chi connectivity index (χ3n) is 17.7.